The molecule has 5 heteroatoms. The van der Waals surface area contributed by atoms with Crippen LogP contribution in [0.2, 0.25) is 0 Å². The van der Waals surface area contributed by atoms with Crippen molar-refractivity contribution < 1.29 is 4.42 Å². The van der Waals surface area contributed by atoms with Crippen molar-refractivity contribution in [3.05, 3.63) is 29.5 Å². The quantitative estimate of drug-likeness (QED) is 0.919. The van der Waals surface area contributed by atoms with Crippen molar-refractivity contribution in [3.8, 4) is 10.8 Å². The zero-order valence-electron chi connectivity index (χ0n) is 12.7. The summed E-state index contributed by atoms with van der Waals surface area (Å²) in [5, 5.41) is 6.51. The van der Waals surface area contributed by atoms with Crippen LogP contribution in [0.1, 0.15) is 31.4 Å². The van der Waals surface area contributed by atoms with Gasteiger partial charge in [-0.3, -0.25) is 4.90 Å². The Balaban J connectivity index is 1.57. The molecule has 2 heterocycles. The normalized spacial score (nSPS) is 22.8. The maximum Gasteiger partial charge on any atom is 0.162 e. The van der Waals surface area contributed by atoms with E-state index < -0.39 is 0 Å². The molecule has 2 aromatic rings. The van der Waals surface area contributed by atoms with E-state index in [9.17, 15) is 0 Å². The van der Waals surface area contributed by atoms with Gasteiger partial charge in [-0.05, 0) is 51.9 Å². The number of rotatable bonds is 5. The van der Waals surface area contributed by atoms with Crippen molar-refractivity contribution in [1.29, 1.82) is 0 Å². The minimum absolute atomic E-state index is 0.684. The molecule has 21 heavy (non-hydrogen) atoms. The molecular weight excluding hydrogens is 282 g/mol. The smallest absolute Gasteiger partial charge is 0.162 e. The van der Waals surface area contributed by atoms with Crippen LogP contribution in [-0.4, -0.2) is 36.1 Å². The Kier molecular flexibility index (Phi) is 4.73. The lowest BCUT2D eigenvalue weighted by Crippen LogP contribution is -2.39. The van der Waals surface area contributed by atoms with E-state index in [-0.39, 0.29) is 0 Å². The molecule has 1 fully saturated rings. The monoisotopic (exact) mass is 305 g/mol. The summed E-state index contributed by atoms with van der Waals surface area (Å²) >= 11 is 1.66. The molecule has 4 nitrogen and oxygen atoms in total. The van der Waals surface area contributed by atoms with Crippen molar-refractivity contribution in [2.45, 2.75) is 44.3 Å². The first kappa shape index (κ1) is 14.8. The van der Waals surface area contributed by atoms with Crippen LogP contribution in [0.5, 0.6) is 0 Å². The highest BCUT2D eigenvalue weighted by Crippen LogP contribution is 2.26. The van der Waals surface area contributed by atoms with Gasteiger partial charge in [0.05, 0.1) is 12.0 Å². The van der Waals surface area contributed by atoms with Gasteiger partial charge in [-0.1, -0.05) is 0 Å². The van der Waals surface area contributed by atoms with Gasteiger partial charge in [0.15, 0.2) is 10.8 Å². The van der Waals surface area contributed by atoms with Gasteiger partial charge in [-0.2, -0.15) is 0 Å². The molecule has 0 aromatic carbocycles. The molecule has 0 spiro atoms. The number of hydrogen-bond donors (Lipinski definition) is 1. The second kappa shape index (κ2) is 6.73. The fraction of sp³-hybridized carbons (Fsp3) is 0.562. The molecule has 0 unspecified atom stereocenters. The maximum absolute atomic E-state index is 5.41. The first-order valence-corrected chi connectivity index (χ1v) is 8.50. The molecule has 0 amide bonds. The Labute approximate surface area is 130 Å². The highest BCUT2D eigenvalue weighted by Gasteiger charge is 2.23. The summed E-state index contributed by atoms with van der Waals surface area (Å²) in [5.41, 5.74) is 1.14. The molecule has 3 rings (SSSR count). The average molecular weight is 305 g/mol. The summed E-state index contributed by atoms with van der Waals surface area (Å²) in [4.78, 5) is 7.14. The summed E-state index contributed by atoms with van der Waals surface area (Å²) in [6, 6.07) is 5.26. The van der Waals surface area contributed by atoms with Crippen molar-refractivity contribution in [3.63, 3.8) is 0 Å². The predicted molar refractivity (Wildman–Crippen MR) is 86.4 cm³/mol. The van der Waals surface area contributed by atoms with Crippen LogP contribution in [-0.2, 0) is 6.54 Å². The minimum atomic E-state index is 0.684. The number of nitrogens with zero attached hydrogens (tertiary/aromatic N) is 2. The Morgan fingerprint density at radius 1 is 1.38 bits per heavy atom. The van der Waals surface area contributed by atoms with Crippen LogP contribution in [0, 0.1) is 0 Å². The first-order chi connectivity index (χ1) is 10.3. The van der Waals surface area contributed by atoms with Gasteiger partial charge in [-0.25, -0.2) is 4.98 Å². The number of nitrogens with one attached hydrogen (secondary N) is 1. The standard InChI is InChI=1S/C16H23N3OS/c1-17-12-5-7-14(8-6-12)19(2)10-13-11-21-16(18-13)15-4-3-9-20-15/h3-4,9,11-12,14,17H,5-8,10H2,1-2H3. The lowest BCUT2D eigenvalue weighted by atomic mass is 9.90. The Bertz CT molecular complexity index is 544. The van der Waals surface area contributed by atoms with Crippen molar-refractivity contribution in [2.24, 2.45) is 0 Å². The second-order valence-corrected chi connectivity index (χ2v) is 6.69. The van der Waals surface area contributed by atoms with Gasteiger partial charge in [0.1, 0.15) is 0 Å². The molecule has 2 aromatic heterocycles. The Morgan fingerprint density at radius 2 is 2.19 bits per heavy atom. The van der Waals surface area contributed by atoms with Crippen LogP contribution in [0.3, 0.4) is 0 Å². The highest BCUT2D eigenvalue weighted by atomic mass is 32.1. The zero-order chi connectivity index (χ0) is 14.7. The summed E-state index contributed by atoms with van der Waals surface area (Å²) in [7, 11) is 4.29. The van der Waals surface area contributed by atoms with Gasteiger partial charge >= 0.3 is 0 Å². The highest BCUT2D eigenvalue weighted by molar-refractivity contribution is 7.13. The largest absolute Gasteiger partial charge is 0.462 e. The molecule has 0 saturated heterocycles. The minimum Gasteiger partial charge on any atom is -0.462 e. The van der Waals surface area contributed by atoms with E-state index in [0.717, 1.165) is 23.0 Å². The second-order valence-electron chi connectivity index (χ2n) is 5.83. The number of hydrogen-bond acceptors (Lipinski definition) is 5. The fourth-order valence-electron chi connectivity index (χ4n) is 3.08. The van der Waals surface area contributed by atoms with Gasteiger partial charge in [0.2, 0.25) is 0 Å². The van der Waals surface area contributed by atoms with Crippen LogP contribution in [0.15, 0.2) is 28.2 Å². The fourth-order valence-corrected chi connectivity index (χ4v) is 3.86. The van der Waals surface area contributed by atoms with Crippen molar-refractivity contribution >= 4 is 11.3 Å². The molecule has 0 radical (unpaired) electrons. The molecule has 0 bridgehead atoms. The van der Waals surface area contributed by atoms with Gasteiger partial charge in [0.25, 0.3) is 0 Å². The SMILES string of the molecule is CNC1CCC(N(C)Cc2csc(-c3ccco3)n2)CC1. The number of thiazole rings is 1. The third kappa shape index (κ3) is 3.54. The van der Waals surface area contributed by atoms with E-state index in [1.165, 1.54) is 25.7 Å². The molecule has 114 valence electrons. The average Bonchev–Trinajstić information content (AvgIpc) is 3.18. The lowest BCUT2D eigenvalue weighted by Gasteiger charge is -2.34. The van der Waals surface area contributed by atoms with Crippen LogP contribution in [0.25, 0.3) is 10.8 Å². The summed E-state index contributed by atoms with van der Waals surface area (Å²) in [6.45, 7) is 0.923. The van der Waals surface area contributed by atoms with Crippen molar-refractivity contribution in [1.82, 2.24) is 15.2 Å². The molecule has 1 N–H and O–H groups in total. The Hall–Kier alpha value is -1.17. The Morgan fingerprint density at radius 3 is 2.86 bits per heavy atom. The first-order valence-electron chi connectivity index (χ1n) is 7.62. The molecule has 1 aliphatic rings. The number of aromatic nitrogens is 1. The lowest BCUT2D eigenvalue weighted by molar-refractivity contribution is 0.168. The van der Waals surface area contributed by atoms with Gasteiger partial charge in [0, 0.05) is 24.0 Å². The zero-order valence-corrected chi connectivity index (χ0v) is 13.5. The molecule has 0 atom stereocenters. The maximum atomic E-state index is 5.41. The third-order valence-electron chi connectivity index (χ3n) is 4.42. The van der Waals surface area contributed by atoms with Crippen LogP contribution in [0.4, 0.5) is 0 Å². The molecule has 1 saturated carbocycles. The summed E-state index contributed by atoms with van der Waals surface area (Å²) in [5.74, 6) is 0.864. The van der Waals surface area contributed by atoms with Gasteiger partial charge in [-0.15, -0.1) is 11.3 Å². The van der Waals surface area contributed by atoms with E-state index >= 15 is 0 Å². The van der Waals surface area contributed by atoms with E-state index in [0.29, 0.717) is 12.1 Å². The van der Waals surface area contributed by atoms with E-state index in [1.807, 2.05) is 12.1 Å². The van der Waals surface area contributed by atoms with Crippen molar-refractivity contribution in [2.75, 3.05) is 14.1 Å². The van der Waals surface area contributed by atoms with E-state index in [4.69, 9.17) is 4.42 Å². The van der Waals surface area contributed by atoms with E-state index in [2.05, 4.69) is 34.7 Å². The summed E-state index contributed by atoms with van der Waals surface area (Å²) < 4.78 is 5.41. The predicted octanol–water partition coefficient (Wildman–Crippen LogP) is 3.37. The number of furan rings is 1. The van der Waals surface area contributed by atoms with Crippen LogP contribution < -0.4 is 5.32 Å². The molecule has 1 aliphatic carbocycles. The molecule has 0 aliphatic heterocycles. The topological polar surface area (TPSA) is 41.3 Å². The third-order valence-corrected chi connectivity index (χ3v) is 5.33. The van der Waals surface area contributed by atoms with Gasteiger partial charge < -0.3 is 9.73 Å². The van der Waals surface area contributed by atoms with E-state index in [1.54, 1.807) is 17.6 Å². The van der Waals surface area contributed by atoms with Crippen LogP contribution >= 0.6 is 11.3 Å². The summed E-state index contributed by atoms with van der Waals surface area (Å²) in [6.07, 6.45) is 6.80. The molecular formula is C16H23N3OS.